The molecule has 0 spiro atoms. The van der Waals surface area contributed by atoms with Gasteiger partial charge in [-0.3, -0.25) is 4.79 Å². The zero-order chi connectivity index (χ0) is 13.3. The molecule has 2 N–H and O–H groups in total. The second kappa shape index (κ2) is 6.02. The zero-order valence-corrected chi connectivity index (χ0v) is 12.5. The van der Waals surface area contributed by atoms with Crippen LogP contribution in [-0.4, -0.2) is 19.1 Å². The van der Waals surface area contributed by atoms with Crippen LogP contribution in [0.3, 0.4) is 0 Å². The van der Waals surface area contributed by atoms with Crippen LogP contribution in [0.25, 0.3) is 0 Å². The van der Waals surface area contributed by atoms with E-state index >= 15 is 0 Å². The van der Waals surface area contributed by atoms with Gasteiger partial charge in [0.25, 0.3) is 0 Å². The SMILES string of the molecule is CCC1(C(=O)Nc2ccc3c(c2)CNCCO3)CC1.Cl. The predicted molar refractivity (Wildman–Crippen MR) is 81.5 cm³/mol. The summed E-state index contributed by atoms with van der Waals surface area (Å²) < 4.78 is 5.63. The minimum Gasteiger partial charge on any atom is -0.492 e. The number of nitrogens with one attached hydrogen (secondary N) is 2. The van der Waals surface area contributed by atoms with Gasteiger partial charge >= 0.3 is 0 Å². The molecule has 1 aliphatic carbocycles. The molecule has 1 fully saturated rings. The molecule has 1 heterocycles. The van der Waals surface area contributed by atoms with Gasteiger partial charge in [0.15, 0.2) is 0 Å². The summed E-state index contributed by atoms with van der Waals surface area (Å²) in [4.78, 5) is 12.2. The number of hydrogen-bond donors (Lipinski definition) is 2. The van der Waals surface area contributed by atoms with Crippen molar-refractivity contribution >= 4 is 24.0 Å². The summed E-state index contributed by atoms with van der Waals surface area (Å²) in [5.74, 6) is 1.08. The van der Waals surface area contributed by atoms with E-state index in [0.29, 0.717) is 6.61 Å². The number of carbonyl (C=O) groups excluding carboxylic acids is 1. The van der Waals surface area contributed by atoms with E-state index in [4.69, 9.17) is 4.74 Å². The summed E-state index contributed by atoms with van der Waals surface area (Å²) >= 11 is 0. The maximum Gasteiger partial charge on any atom is 0.230 e. The molecule has 3 rings (SSSR count). The molecule has 0 saturated heterocycles. The monoisotopic (exact) mass is 296 g/mol. The lowest BCUT2D eigenvalue weighted by atomic mass is 10.0. The molecule has 110 valence electrons. The highest BCUT2D eigenvalue weighted by Gasteiger charge is 2.47. The van der Waals surface area contributed by atoms with Crippen molar-refractivity contribution < 1.29 is 9.53 Å². The highest BCUT2D eigenvalue weighted by Crippen LogP contribution is 2.49. The molecule has 1 aromatic rings. The molecule has 1 saturated carbocycles. The fraction of sp³-hybridized carbons (Fsp3) is 0.533. The Balaban J connectivity index is 0.00000147. The van der Waals surface area contributed by atoms with E-state index in [-0.39, 0.29) is 23.7 Å². The van der Waals surface area contributed by atoms with Crippen LogP contribution in [0.1, 0.15) is 31.7 Å². The van der Waals surface area contributed by atoms with Gasteiger partial charge in [-0.05, 0) is 37.5 Å². The summed E-state index contributed by atoms with van der Waals surface area (Å²) in [6, 6.07) is 5.88. The molecule has 1 amide bonds. The molecule has 4 nitrogen and oxygen atoms in total. The van der Waals surface area contributed by atoms with E-state index in [0.717, 1.165) is 49.4 Å². The Morgan fingerprint density at radius 1 is 1.45 bits per heavy atom. The summed E-state index contributed by atoms with van der Waals surface area (Å²) in [7, 11) is 0. The molecule has 0 aromatic heterocycles. The number of rotatable bonds is 3. The Kier molecular flexibility index (Phi) is 4.55. The van der Waals surface area contributed by atoms with Gasteiger partial charge in [-0.25, -0.2) is 0 Å². The van der Waals surface area contributed by atoms with Crippen LogP contribution < -0.4 is 15.4 Å². The first-order chi connectivity index (χ1) is 9.23. The van der Waals surface area contributed by atoms with Crippen LogP contribution in [0.5, 0.6) is 5.75 Å². The highest BCUT2D eigenvalue weighted by molar-refractivity contribution is 5.97. The van der Waals surface area contributed by atoms with Gasteiger partial charge in [0, 0.05) is 29.8 Å². The van der Waals surface area contributed by atoms with Crippen LogP contribution in [0.2, 0.25) is 0 Å². The molecule has 2 aliphatic rings. The number of fused-ring (bicyclic) bond motifs is 1. The van der Waals surface area contributed by atoms with Gasteiger partial charge < -0.3 is 15.4 Å². The first-order valence-electron chi connectivity index (χ1n) is 7.01. The number of ether oxygens (including phenoxy) is 1. The van der Waals surface area contributed by atoms with Crippen LogP contribution in [-0.2, 0) is 11.3 Å². The van der Waals surface area contributed by atoms with Crippen molar-refractivity contribution in [1.29, 1.82) is 0 Å². The number of amides is 1. The normalized spacial score (nSPS) is 18.9. The number of hydrogen-bond acceptors (Lipinski definition) is 3. The summed E-state index contributed by atoms with van der Waals surface area (Å²) in [5, 5.41) is 6.34. The second-order valence-electron chi connectivity index (χ2n) is 5.44. The number of carbonyl (C=O) groups is 1. The molecule has 0 atom stereocenters. The summed E-state index contributed by atoms with van der Waals surface area (Å²) in [6.07, 6.45) is 2.96. The molecular weight excluding hydrogens is 276 g/mol. The quantitative estimate of drug-likeness (QED) is 0.902. The van der Waals surface area contributed by atoms with Gasteiger partial charge in [0.2, 0.25) is 5.91 Å². The molecule has 5 heteroatoms. The summed E-state index contributed by atoms with van der Waals surface area (Å²) in [6.45, 7) is 4.42. The van der Waals surface area contributed by atoms with Gasteiger partial charge in [0.1, 0.15) is 12.4 Å². The van der Waals surface area contributed by atoms with Crippen molar-refractivity contribution in [1.82, 2.24) is 5.32 Å². The lowest BCUT2D eigenvalue weighted by Gasteiger charge is -2.14. The Hall–Kier alpha value is -1.26. The fourth-order valence-corrected chi connectivity index (χ4v) is 2.55. The number of anilines is 1. The van der Waals surface area contributed by atoms with Crippen LogP contribution in [0, 0.1) is 5.41 Å². The molecule has 0 bridgehead atoms. The van der Waals surface area contributed by atoms with Gasteiger partial charge in [0.05, 0.1) is 0 Å². The number of benzene rings is 1. The third-order valence-electron chi connectivity index (χ3n) is 4.18. The fourth-order valence-electron chi connectivity index (χ4n) is 2.55. The van der Waals surface area contributed by atoms with Crippen molar-refractivity contribution in [2.24, 2.45) is 5.41 Å². The third-order valence-corrected chi connectivity index (χ3v) is 4.18. The number of halogens is 1. The Morgan fingerprint density at radius 3 is 2.95 bits per heavy atom. The highest BCUT2D eigenvalue weighted by atomic mass is 35.5. The third kappa shape index (κ3) is 2.91. The Bertz CT molecular complexity index is 501. The zero-order valence-electron chi connectivity index (χ0n) is 11.7. The molecular formula is C15H21ClN2O2. The van der Waals surface area contributed by atoms with Crippen molar-refractivity contribution in [3.63, 3.8) is 0 Å². The standard InChI is InChI=1S/C15H20N2O2.ClH/c1-2-15(5-6-15)14(18)17-12-3-4-13-11(9-12)10-16-7-8-19-13;/h3-4,9,16H,2,5-8,10H2,1H3,(H,17,18);1H. The van der Waals surface area contributed by atoms with Crippen molar-refractivity contribution in [3.05, 3.63) is 23.8 Å². The maximum atomic E-state index is 12.2. The minimum atomic E-state index is -0.0957. The lowest BCUT2D eigenvalue weighted by Crippen LogP contribution is -2.23. The van der Waals surface area contributed by atoms with Crippen molar-refractivity contribution in [2.75, 3.05) is 18.5 Å². The van der Waals surface area contributed by atoms with Gasteiger partial charge in [-0.2, -0.15) is 0 Å². The Labute approximate surface area is 125 Å². The average molecular weight is 297 g/mol. The van der Waals surface area contributed by atoms with E-state index in [1.54, 1.807) is 0 Å². The summed E-state index contributed by atoms with van der Waals surface area (Å²) in [5.41, 5.74) is 1.88. The van der Waals surface area contributed by atoms with Crippen molar-refractivity contribution in [3.8, 4) is 5.75 Å². The van der Waals surface area contributed by atoms with Gasteiger partial charge in [-0.15, -0.1) is 12.4 Å². The van der Waals surface area contributed by atoms with E-state index in [1.807, 2.05) is 18.2 Å². The van der Waals surface area contributed by atoms with Crippen LogP contribution in [0.4, 0.5) is 5.69 Å². The topological polar surface area (TPSA) is 50.4 Å². The minimum absolute atomic E-state index is 0. The first-order valence-corrected chi connectivity index (χ1v) is 7.01. The molecule has 20 heavy (non-hydrogen) atoms. The predicted octanol–water partition coefficient (Wildman–Crippen LogP) is 2.72. The Morgan fingerprint density at radius 2 is 2.25 bits per heavy atom. The molecule has 1 aromatic carbocycles. The van der Waals surface area contributed by atoms with E-state index in [2.05, 4.69) is 17.6 Å². The lowest BCUT2D eigenvalue weighted by molar-refractivity contribution is -0.121. The van der Waals surface area contributed by atoms with Crippen LogP contribution in [0.15, 0.2) is 18.2 Å². The molecule has 1 aliphatic heterocycles. The smallest absolute Gasteiger partial charge is 0.230 e. The van der Waals surface area contributed by atoms with E-state index in [9.17, 15) is 4.79 Å². The largest absolute Gasteiger partial charge is 0.492 e. The maximum absolute atomic E-state index is 12.2. The van der Waals surface area contributed by atoms with E-state index < -0.39 is 0 Å². The molecule has 0 radical (unpaired) electrons. The molecule has 0 unspecified atom stereocenters. The second-order valence-corrected chi connectivity index (χ2v) is 5.44. The van der Waals surface area contributed by atoms with E-state index in [1.165, 1.54) is 0 Å². The average Bonchev–Trinajstić information content (AvgIpc) is 3.23. The first kappa shape index (κ1) is 15.1. The van der Waals surface area contributed by atoms with Crippen molar-refractivity contribution in [2.45, 2.75) is 32.7 Å². The van der Waals surface area contributed by atoms with Gasteiger partial charge in [-0.1, -0.05) is 6.92 Å². The van der Waals surface area contributed by atoms with Crippen LogP contribution >= 0.6 is 12.4 Å².